The number of hydrogen-bond donors (Lipinski definition) is 0. The van der Waals surface area contributed by atoms with Gasteiger partial charge in [-0.1, -0.05) is 133 Å². The third-order valence-corrected chi connectivity index (χ3v) is 12.2. The molecule has 0 aliphatic heterocycles. The lowest BCUT2D eigenvalue weighted by Crippen LogP contribution is -2.00. The number of benzene rings is 8. The molecule has 0 fully saturated rings. The van der Waals surface area contributed by atoms with Crippen molar-refractivity contribution in [3.63, 3.8) is 0 Å². The Labute approximate surface area is 330 Å². The van der Waals surface area contributed by atoms with Crippen LogP contribution in [0.5, 0.6) is 0 Å². The summed E-state index contributed by atoms with van der Waals surface area (Å²) in [6.07, 6.45) is 0. The Morgan fingerprint density at radius 2 is 1.07 bits per heavy atom. The maximum Gasteiger partial charge on any atom is 0.164 e. The smallest absolute Gasteiger partial charge is 0.164 e. The molecule has 0 saturated carbocycles. The molecule has 0 saturated heterocycles. The largest absolute Gasteiger partial charge is 0.456 e. The van der Waals surface area contributed by atoms with Gasteiger partial charge in [-0.3, -0.25) is 0 Å². The van der Waals surface area contributed by atoms with Gasteiger partial charge in [0.1, 0.15) is 11.2 Å². The molecule has 0 unspecified atom stereocenters. The fourth-order valence-electron chi connectivity index (χ4n) is 8.41. The van der Waals surface area contributed by atoms with Crippen molar-refractivity contribution < 1.29 is 4.42 Å². The Bertz CT molecular complexity index is 3530. The summed E-state index contributed by atoms with van der Waals surface area (Å²) in [5.41, 5.74) is 10.1. The highest BCUT2D eigenvalue weighted by atomic mass is 32.1. The summed E-state index contributed by atoms with van der Waals surface area (Å²) < 4.78 is 11.5. The first-order valence-corrected chi connectivity index (χ1v) is 19.8. The Kier molecular flexibility index (Phi) is 7.03. The average molecular weight is 747 g/mol. The summed E-state index contributed by atoms with van der Waals surface area (Å²) >= 11 is 1.79. The molecule has 12 rings (SSSR count). The molecule has 0 N–H and O–H groups in total. The number of rotatable bonds is 5. The van der Waals surface area contributed by atoms with Crippen LogP contribution in [0, 0.1) is 0 Å². The van der Waals surface area contributed by atoms with Crippen molar-refractivity contribution in [2.75, 3.05) is 0 Å². The van der Waals surface area contributed by atoms with Crippen LogP contribution in [0.15, 0.2) is 186 Å². The van der Waals surface area contributed by atoms with Gasteiger partial charge in [0.05, 0.1) is 11.0 Å². The van der Waals surface area contributed by atoms with E-state index in [1.165, 1.54) is 36.7 Å². The minimum Gasteiger partial charge on any atom is -0.456 e. The second-order valence-corrected chi connectivity index (χ2v) is 15.5. The number of nitrogens with zero attached hydrogens (tertiary/aromatic N) is 4. The molecule has 4 aromatic heterocycles. The van der Waals surface area contributed by atoms with Crippen molar-refractivity contribution in [1.29, 1.82) is 0 Å². The van der Waals surface area contributed by atoms with Crippen molar-refractivity contribution in [3.05, 3.63) is 182 Å². The summed E-state index contributed by atoms with van der Waals surface area (Å²) in [7, 11) is 0. The van der Waals surface area contributed by atoms with E-state index in [-0.39, 0.29) is 0 Å². The molecule has 0 radical (unpaired) electrons. The predicted molar refractivity (Wildman–Crippen MR) is 236 cm³/mol. The summed E-state index contributed by atoms with van der Waals surface area (Å²) in [5, 5.41) is 6.79. The molecule has 0 bridgehead atoms. The molecule has 0 amide bonds. The molecule has 0 atom stereocenters. The quantitative estimate of drug-likeness (QED) is 0.176. The highest BCUT2D eigenvalue weighted by molar-refractivity contribution is 7.25. The highest BCUT2D eigenvalue weighted by Crippen LogP contribution is 2.42. The molecule has 4 heterocycles. The molecule has 6 heteroatoms. The van der Waals surface area contributed by atoms with Crippen molar-refractivity contribution in [3.8, 4) is 51.0 Å². The minimum atomic E-state index is 0.597. The standard InChI is InChI=1S/C51H30N4OS/c1-3-13-31(14-4-1)33-17-11-18-35(27-33)55-42-22-9-7-19-36(42)40-30-45-41(29-43(40)55)48-39(21-12-23-44(48)56-45)51-53-49(32-15-5-2-6-16-32)52-50(54-51)34-25-26-38-37-20-8-10-24-46(37)57-47(38)28-34/h1-30H. The first-order chi connectivity index (χ1) is 28.2. The van der Waals surface area contributed by atoms with Gasteiger partial charge >= 0.3 is 0 Å². The number of fused-ring (bicyclic) bond motifs is 9. The van der Waals surface area contributed by atoms with E-state index in [9.17, 15) is 0 Å². The second kappa shape index (κ2) is 12.6. The number of thiophene rings is 1. The third kappa shape index (κ3) is 5.12. The summed E-state index contributed by atoms with van der Waals surface area (Å²) in [4.78, 5) is 15.5. The van der Waals surface area contributed by atoms with E-state index in [1.807, 2.05) is 42.5 Å². The van der Waals surface area contributed by atoms with E-state index in [4.69, 9.17) is 19.4 Å². The fraction of sp³-hybridized carbons (Fsp3) is 0. The van der Waals surface area contributed by atoms with Crippen molar-refractivity contribution in [2.24, 2.45) is 0 Å². The lowest BCUT2D eigenvalue weighted by Gasteiger charge is -2.11. The van der Waals surface area contributed by atoms with Crippen molar-refractivity contribution >= 4 is 75.3 Å². The maximum absolute atomic E-state index is 6.69. The first kappa shape index (κ1) is 31.9. The topological polar surface area (TPSA) is 56.7 Å². The zero-order chi connectivity index (χ0) is 37.5. The Morgan fingerprint density at radius 1 is 0.386 bits per heavy atom. The second-order valence-electron chi connectivity index (χ2n) is 14.4. The molecular formula is C51H30N4OS. The molecular weight excluding hydrogens is 717 g/mol. The lowest BCUT2D eigenvalue weighted by molar-refractivity contribution is 0.669. The summed E-state index contributed by atoms with van der Waals surface area (Å²) in [5.74, 6) is 1.85. The van der Waals surface area contributed by atoms with Crippen LogP contribution in [0.1, 0.15) is 0 Å². The van der Waals surface area contributed by atoms with Crippen LogP contribution in [0.25, 0.3) is 115 Å². The first-order valence-electron chi connectivity index (χ1n) is 19.0. The Hall–Kier alpha value is -7.41. The molecule has 0 aliphatic rings. The number of para-hydroxylation sites is 1. The molecule has 266 valence electrons. The predicted octanol–water partition coefficient (Wildman–Crippen LogP) is 13.9. The zero-order valence-corrected chi connectivity index (χ0v) is 31.2. The molecule has 57 heavy (non-hydrogen) atoms. The number of hydrogen-bond acceptors (Lipinski definition) is 5. The fourth-order valence-corrected chi connectivity index (χ4v) is 9.56. The summed E-state index contributed by atoms with van der Waals surface area (Å²) in [6, 6.07) is 63.8. The highest BCUT2D eigenvalue weighted by Gasteiger charge is 2.21. The van der Waals surface area contributed by atoms with Gasteiger partial charge in [0.2, 0.25) is 0 Å². The van der Waals surface area contributed by atoms with Gasteiger partial charge in [-0.25, -0.2) is 15.0 Å². The van der Waals surface area contributed by atoms with Gasteiger partial charge in [0.25, 0.3) is 0 Å². The van der Waals surface area contributed by atoms with Crippen LogP contribution in [0.3, 0.4) is 0 Å². The average Bonchev–Trinajstić information content (AvgIpc) is 3.95. The van der Waals surface area contributed by atoms with Gasteiger partial charge in [-0.2, -0.15) is 0 Å². The van der Waals surface area contributed by atoms with E-state index in [2.05, 4.69) is 144 Å². The van der Waals surface area contributed by atoms with Gasteiger partial charge in [0, 0.05) is 64.1 Å². The van der Waals surface area contributed by atoms with Crippen molar-refractivity contribution in [1.82, 2.24) is 19.5 Å². The normalized spacial score (nSPS) is 11.9. The lowest BCUT2D eigenvalue weighted by atomic mass is 10.0. The molecule has 0 aliphatic carbocycles. The summed E-state index contributed by atoms with van der Waals surface area (Å²) in [6.45, 7) is 0. The van der Waals surface area contributed by atoms with Crippen LogP contribution >= 0.6 is 11.3 Å². The Balaban J connectivity index is 1.09. The third-order valence-electron chi connectivity index (χ3n) is 11.0. The zero-order valence-electron chi connectivity index (χ0n) is 30.4. The Morgan fingerprint density at radius 3 is 1.93 bits per heavy atom. The van der Waals surface area contributed by atoms with Crippen LogP contribution in [0.2, 0.25) is 0 Å². The number of aromatic nitrogens is 4. The molecule has 12 aromatic rings. The van der Waals surface area contributed by atoms with Crippen LogP contribution in [-0.4, -0.2) is 19.5 Å². The van der Waals surface area contributed by atoms with Crippen molar-refractivity contribution in [2.45, 2.75) is 0 Å². The van der Waals surface area contributed by atoms with E-state index in [0.29, 0.717) is 17.5 Å². The molecule has 5 nitrogen and oxygen atoms in total. The van der Waals surface area contributed by atoms with Gasteiger partial charge in [0.15, 0.2) is 17.5 Å². The van der Waals surface area contributed by atoms with E-state index >= 15 is 0 Å². The SMILES string of the molecule is c1ccc(-c2cccc(-n3c4ccccc4c4cc5oc6cccc(-c7nc(-c8ccccc8)nc(-c8ccc9c(c8)sc8ccccc89)n7)c6c5cc43)c2)cc1. The van der Waals surface area contributed by atoms with E-state index in [0.717, 1.165) is 60.7 Å². The van der Waals surface area contributed by atoms with Crippen LogP contribution in [0.4, 0.5) is 0 Å². The molecule has 0 spiro atoms. The molecule has 8 aromatic carbocycles. The van der Waals surface area contributed by atoms with Gasteiger partial charge in [-0.15, -0.1) is 11.3 Å². The van der Waals surface area contributed by atoms with Gasteiger partial charge < -0.3 is 8.98 Å². The van der Waals surface area contributed by atoms with Crippen LogP contribution < -0.4 is 0 Å². The minimum absolute atomic E-state index is 0.597. The van der Waals surface area contributed by atoms with Gasteiger partial charge in [-0.05, 0) is 59.7 Å². The van der Waals surface area contributed by atoms with E-state index in [1.54, 1.807) is 11.3 Å². The maximum atomic E-state index is 6.69. The van der Waals surface area contributed by atoms with Crippen LogP contribution in [-0.2, 0) is 0 Å². The monoisotopic (exact) mass is 746 g/mol. The van der Waals surface area contributed by atoms with E-state index < -0.39 is 0 Å². The number of furan rings is 1.